The molecule has 1 unspecified atom stereocenters. The van der Waals surface area contributed by atoms with Crippen LogP contribution < -0.4 is 20.3 Å². The molecule has 2 aromatic rings. The number of carbonyl (C=O) groups excluding carboxylic acids is 1. The Kier molecular flexibility index (Phi) is 5.58. The van der Waals surface area contributed by atoms with Crippen molar-refractivity contribution in [3.05, 3.63) is 51.9 Å². The Morgan fingerprint density at radius 3 is 2.90 bits per heavy atom. The zero-order valence-electron chi connectivity index (χ0n) is 16.9. The van der Waals surface area contributed by atoms with Gasteiger partial charge in [0.05, 0.1) is 5.69 Å². The van der Waals surface area contributed by atoms with E-state index >= 15 is 0 Å². The molecule has 4 rings (SSSR count). The molecule has 1 atom stereocenters. The molecule has 0 saturated carbocycles. The van der Waals surface area contributed by atoms with Gasteiger partial charge < -0.3 is 19.7 Å². The number of pyridine rings is 1. The predicted octanol–water partition coefficient (Wildman–Crippen LogP) is 2.34. The number of benzene rings is 1. The second kappa shape index (κ2) is 8.29. The van der Waals surface area contributed by atoms with Gasteiger partial charge in [0.2, 0.25) is 6.79 Å². The van der Waals surface area contributed by atoms with Gasteiger partial charge in [-0.3, -0.25) is 14.2 Å². The maximum Gasteiger partial charge on any atom is 0.268 e. The number of rotatable bonds is 5. The van der Waals surface area contributed by atoms with Gasteiger partial charge in [-0.05, 0) is 56.0 Å². The Morgan fingerprint density at radius 1 is 1.24 bits per heavy atom. The number of fused-ring (bicyclic) bond motifs is 1. The van der Waals surface area contributed by atoms with E-state index in [4.69, 9.17) is 9.47 Å². The number of hydrogen-bond acceptors (Lipinski definition) is 5. The van der Waals surface area contributed by atoms with Crippen molar-refractivity contribution in [2.45, 2.75) is 26.7 Å². The van der Waals surface area contributed by atoms with Crippen LogP contribution in [-0.4, -0.2) is 48.3 Å². The molecule has 3 heterocycles. The van der Waals surface area contributed by atoms with Gasteiger partial charge in [0.1, 0.15) is 5.56 Å². The molecule has 0 spiro atoms. The number of piperidine rings is 1. The Bertz CT molecular complexity index is 969. The van der Waals surface area contributed by atoms with Gasteiger partial charge in [-0.2, -0.15) is 0 Å². The zero-order chi connectivity index (χ0) is 20.4. The first-order valence-corrected chi connectivity index (χ1v) is 10.2. The second-order valence-electron chi connectivity index (χ2n) is 7.89. The summed E-state index contributed by atoms with van der Waals surface area (Å²) in [6, 6.07) is 7.08. The first kappa shape index (κ1) is 19.5. The highest BCUT2D eigenvalue weighted by molar-refractivity contribution is 5.95. The Morgan fingerprint density at radius 2 is 2.07 bits per heavy atom. The van der Waals surface area contributed by atoms with Crippen molar-refractivity contribution in [1.82, 2.24) is 14.8 Å². The summed E-state index contributed by atoms with van der Waals surface area (Å²) in [5, 5.41) is 2.92. The lowest BCUT2D eigenvalue weighted by Crippen LogP contribution is -2.41. The van der Waals surface area contributed by atoms with Crippen LogP contribution in [0, 0.1) is 12.8 Å². The molecular formula is C22H27N3O4. The van der Waals surface area contributed by atoms with E-state index in [9.17, 15) is 9.59 Å². The van der Waals surface area contributed by atoms with Crippen molar-refractivity contribution in [2.24, 2.45) is 5.92 Å². The van der Waals surface area contributed by atoms with Crippen LogP contribution >= 0.6 is 0 Å². The molecule has 0 radical (unpaired) electrons. The lowest BCUT2D eigenvalue weighted by Gasteiger charge is -2.30. The van der Waals surface area contributed by atoms with E-state index in [0.717, 1.165) is 19.6 Å². The molecule has 0 bridgehead atoms. The molecule has 7 heteroatoms. The molecule has 29 heavy (non-hydrogen) atoms. The first-order valence-electron chi connectivity index (χ1n) is 10.2. The standard InChI is InChI=1S/C22H27N3O4/c1-15-4-3-9-24(13-15)11-8-23-21(26)20-16(2)7-10-25(22(20)27)17-5-6-18-19(12-17)29-14-28-18/h5-7,10,12,15H,3-4,8-9,11,13-14H2,1-2H3,(H,23,26). The van der Waals surface area contributed by atoms with Crippen LogP contribution in [0.3, 0.4) is 0 Å². The summed E-state index contributed by atoms with van der Waals surface area (Å²) < 4.78 is 12.2. The van der Waals surface area contributed by atoms with Gasteiger partial charge in [0, 0.05) is 31.9 Å². The SMILES string of the molecule is Cc1ccn(-c2ccc3c(c2)OCO3)c(=O)c1C(=O)NCCN1CCCC(C)C1. The number of hydrogen-bond donors (Lipinski definition) is 1. The Labute approximate surface area is 170 Å². The van der Waals surface area contributed by atoms with Gasteiger partial charge in [0.25, 0.3) is 11.5 Å². The van der Waals surface area contributed by atoms with E-state index in [0.29, 0.717) is 35.2 Å². The summed E-state index contributed by atoms with van der Waals surface area (Å²) in [7, 11) is 0. The van der Waals surface area contributed by atoms with Crippen molar-refractivity contribution in [3.8, 4) is 17.2 Å². The highest BCUT2D eigenvalue weighted by Gasteiger charge is 2.20. The summed E-state index contributed by atoms with van der Waals surface area (Å²) in [5.74, 6) is 1.62. The van der Waals surface area contributed by atoms with E-state index in [-0.39, 0.29) is 23.8 Å². The third-order valence-corrected chi connectivity index (χ3v) is 5.62. The third-order valence-electron chi connectivity index (χ3n) is 5.62. The molecule has 1 aromatic carbocycles. The maximum atomic E-state index is 13.1. The lowest BCUT2D eigenvalue weighted by molar-refractivity contribution is 0.0941. The van der Waals surface area contributed by atoms with Gasteiger partial charge >= 0.3 is 0 Å². The molecule has 1 aromatic heterocycles. The third kappa shape index (κ3) is 4.15. The fraction of sp³-hybridized carbons (Fsp3) is 0.455. The van der Waals surface area contributed by atoms with Crippen LogP contribution in [-0.2, 0) is 0 Å². The molecule has 1 N–H and O–H groups in total. The quantitative estimate of drug-likeness (QED) is 0.838. The molecule has 1 fully saturated rings. The predicted molar refractivity (Wildman–Crippen MR) is 110 cm³/mol. The smallest absolute Gasteiger partial charge is 0.268 e. The minimum atomic E-state index is -0.340. The largest absolute Gasteiger partial charge is 0.454 e. The molecule has 2 aliphatic rings. The van der Waals surface area contributed by atoms with Crippen LogP contribution in [0.15, 0.2) is 35.3 Å². The summed E-state index contributed by atoms with van der Waals surface area (Å²) in [4.78, 5) is 28.2. The summed E-state index contributed by atoms with van der Waals surface area (Å²) in [5.41, 5.74) is 1.14. The van der Waals surface area contributed by atoms with E-state index in [1.54, 1.807) is 37.4 Å². The van der Waals surface area contributed by atoms with E-state index in [1.165, 1.54) is 17.4 Å². The highest BCUT2D eigenvalue weighted by Crippen LogP contribution is 2.33. The minimum Gasteiger partial charge on any atom is -0.454 e. The number of aryl methyl sites for hydroxylation is 1. The number of nitrogens with zero attached hydrogens (tertiary/aromatic N) is 2. The summed E-state index contributed by atoms with van der Waals surface area (Å²) in [6.45, 7) is 7.69. The zero-order valence-corrected chi connectivity index (χ0v) is 16.9. The van der Waals surface area contributed by atoms with Crippen molar-refractivity contribution < 1.29 is 14.3 Å². The average Bonchev–Trinajstić information content (AvgIpc) is 3.16. The van der Waals surface area contributed by atoms with E-state index in [1.807, 2.05) is 0 Å². The molecule has 0 aliphatic carbocycles. The molecular weight excluding hydrogens is 370 g/mol. The van der Waals surface area contributed by atoms with Crippen LogP contribution in [0.2, 0.25) is 0 Å². The summed E-state index contributed by atoms with van der Waals surface area (Å²) in [6.07, 6.45) is 4.15. The van der Waals surface area contributed by atoms with Gasteiger partial charge in [-0.15, -0.1) is 0 Å². The van der Waals surface area contributed by atoms with Gasteiger partial charge in [-0.25, -0.2) is 0 Å². The fourth-order valence-corrected chi connectivity index (χ4v) is 4.05. The average molecular weight is 397 g/mol. The Hall–Kier alpha value is -2.80. The topological polar surface area (TPSA) is 72.8 Å². The minimum absolute atomic E-state index is 0.172. The first-order chi connectivity index (χ1) is 14.0. The molecule has 1 amide bonds. The number of aromatic nitrogens is 1. The molecule has 154 valence electrons. The van der Waals surface area contributed by atoms with Crippen molar-refractivity contribution >= 4 is 5.91 Å². The maximum absolute atomic E-state index is 13.1. The number of ether oxygens (including phenoxy) is 2. The molecule has 2 aliphatic heterocycles. The van der Waals surface area contributed by atoms with Crippen LogP contribution in [0.25, 0.3) is 5.69 Å². The molecule has 7 nitrogen and oxygen atoms in total. The van der Waals surface area contributed by atoms with Crippen LogP contribution in [0.1, 0.15) is 35.7 Å². The Balaban J connectivity index is 1.49. The fourth-order valence-electron chi connectivity index (χ4n) is 4.05. The second-order valence-corrected chi connectivity index (χ2v) is 7.89. The van der Waals surface area contributed by atoms with Crippen molar-refractivity contribution in [2.75, 3.05) is 33.0 Å². The number of nitrogens with one attached hydrogen (secondary N) is 1. The molecule has 1 saturated heterocycles. The van der Waals surface area contributed by atoms with Crippen LogP contribution in [0.4, 0.5) is 0 Å². The number of likely N-dealkylation sites (tertiary alicyclic amines) is 1. The normalized spacial score (nSPS) is 18.6. The van der Waals surface area contributed by atoms with Crippen molar-refractivity contribution in [3.63, 3.8) is 0 Å². The number of carbonyl (C=O) groups is 1. The van der Waals surface area contributed by atoms with Gasteiger partial charge in [0.15, 0.2) is 11.5 Å². The van der Waals surface area contributed by atoms with Gasteiger partial charge in [-0.1, -0.05) is 6.92 Å². The monoisotopic (exact) mass is 397 g/mol. The van der Waals surface area contributed by atoms with Crippen molar-refractivity contribution in [1.29, 1.82) is 0 Å². The number of amides is 1. The lowest BCUT2D eigenvalue weighted by atomic mass is 10.0. The highest BCUT2D eigenvalue weighted by atomic mass is 16.7. The van der Waals surface area contributed by atoms with E-state index < -0.39 is 0 Å². The van der Waals surface area contributed by atoms with E-state index in [2.05, 4.69) is 17.1 Å². The van der Waals surface area contributed by atoms with Crippen LogP contribution in [0.5, 0.6) is 11.5 Å². The summed E-state index contributed by atoms with van der Waals surface area (Å²) >= 11 is 0.